The van der Waals surface area contributed by atoms with Crippen molar-refractivity contribution >= 4 is 68.5 Å². The second-order valence-corrected chi connectivity index (χ2v) is 40.6. The first-order valence-electron chi connectivity index (χ1n) is 44.9. The van der Waals surface area contributed by atoms with E-state index < -0.39 is 0 Å². The van der Waals surface area contributed by atoms with Gasteiger partial charge < -0.3 is 37.0 Å². The van der Waals surface area contributed by atoms with E-state index in [2.05, 4.69) is 369 Å². The lowest BCUT2D eigenvalue weighted by atomic mass is 9.69. The summed E-state index contributed by atoms with van der Waals surface area (Å²) in [4.78, 5) is 3.58. The maximum absolute atomic E-state index is 6.54. The molecule has 19 rings (SSSR count). The Bertz CT molecular complexity index is 6240. The normalized spacial score (nSPS) is 16.0. The Morgan fingerprint density at radius 1 is 0.415 bits per heavy atom. The second-order valence-electron chi connectivity index (χ2n) is 40.6. The van der Waals surface area contributed by atoms with Gasteiger partial charge in [0.2, 0.25) is 0 Å². The van der Waals surface area contributed by atoms with Crippen LogP contribution in [0.1, 0.15) is 282 Å². The fourth-order valence-electron chi connectivity index (χ4n) is 18.2. The Hall–Kier alpha value is -10.9. The zero-order chi connectivity index (χ0) is 86.8. The van der Waals surface area contributed by atoms with Gasteiger partial charge in [0.25, 0.3) is 0 Å². The lowest BCUT2D eigenvalue weighted by Gasteiger charge is -2.43. The van der Waals surface area contributed by atoms with E-state index >= 15 is 0 Å². The number of hydrogen-bond acceptors (Lipinski definition) is 7. The standard InChI is InChI=1S/C26H30O2.C24H29BO3.C22H25N.C21H22O.C20H22O.CH4/c1-6-16-7-10-22-18(11-16)14-23(27-22)19-12-20(17-8-9-17)24-21(13-19)25(2,3)15-26(4,5)28-24;1-6-15-7-10-20-21(11-15)28-25(27-20)17-12-18(16-8-9-16)22-19(13-17)23(2,3)14-24(4,5)26-22;1-6-7-16-9-11-20-17(12-16)13-21(23-20)19-14-18(22(3,4)5)10-8-15(19)2;1-5-7-15-10-11-19-17(12-15)14-20(22-19)16-8-6-9-18(13-16)21(2,3)4;1-5-14-9-10-18-16(11-14)13-19(21-18)15-7-6-8-17(12-15)20(2,3)4;/h7,10-14,17H,6,8-9,15H2,1-5H3;7,10-13,16H,6,8-9,14H2,1-5H3;6-14,23H,1-5H3;5-14H,1-4H3;6-13H,5H2,1-4H3;1H4/b;;7-6+;7-5+;;. The molecule has 2 saturated carbocycles. The second kappa shape index (κ2) is 34.7. The number of nitrogens with one attached hydrogen (secondary N) is 1. The summed E-state index contributed by atoms with van der Waals surface area (Å²) in [7, 11) is -0.379. The van der Waals surface area contributed by atoms with Gasteiger partial charge in [-0.3, -0.25) is 0 Å². The molecule has 0 amide bonds. The summed E-state index contributed by atoms with van der Waals surface area (Å²) < 4.78 is 43.8. The fraction of sp³-hybridized carbons (Fsp3) is 0.368. The number of allylic oxidation sites excluding steroid dienone is 2. The number of rotatable bonds is 12. The summed E-state index contributed by atoms with van der Waals surface area (Å²) in [5.74, 6) is 8.02. The van der Waals surface area contributed by atoms with Gasteiger partial charge in [0, 0.05) is 66.0 Å². The third-order valence-electron chi connectivity index (χ3n) is 25.0. The summed E-state index contributed by atoms with van der Waals surface area (Å²) >= 11 is 0. The van der Waals surface area contributed by atoms with Crippen LogP contribution in [-0.2, 0) is 46.3 Å². The molecule has 0 unspecified atom stereocenters. The molecule has 10 aromatic carbocycles. The number of aromatic nitrogens is 1. The van der Waals surface area contributed by atoms with Crippen LogP contribution in [0.25, 0.3) is 101 Å². The molecule has 7 heterocycles. The van der Waals surface area contributed by atoms with Gasteiger partial charge in [-0.1, -0.05) is 234 Å². The largest absolute Gasteiger partial charge is 0.632 e. The lowest BCUT2D eigenvalue weighted by molar-refractivity contribution is 0.0517. The highest BCUT2D eigenvalue weighted by atomic mass is 16.6. The smallest absolute Gasteiger partial charge is 0.519 e. The van der Waals surface area contributed by atoms with Crippen LogP contribution in [0.2, 0.25) is 0 Å². The minimum absolute atomic E-state index is 0. The number of furan rings is 3. The zero-order valence-corrected chi connectivity index (χ0v) is 76.9. The van der Waals surface area contributed by atoms with E-state index in [9.17, 15) is 0 Å². The molecule has 1 N–H and O–H groups in total. The first-order valence-corrected chi connectivity index (χ1v) is 44.9. The fourth-order valence-corrected chi connectivity index (χ4v) is 18.2. The van der Waals surface area contributed by atoms with Crippen molar-refractivity contribution in [2.45, 2.75) is 275 Å². The first-order chi connectivity index (χ1) is 57.8. The highest BCUT2D eigenvalue weighted by Crippen LogP contribution is 2.56. The van der Waals surface area contributed by atoms with Crippen LogP contribution in [0.4, 0.5) is 0 Å². The molecule has 638 valence electrons. The molecule has 3 aliphatic heterocycles. The Morgan fingerprint density at radius 3 is 1.35 bits per heavy atom. The third-order valence-corrected chi connectivity index (χ3v) is 25.0. The quantitative estimate of drug-likeness (QED) is 0.122. The number of ether oxygens (including phenoxy) is 2. The number of H-pyrrole nitrogens is 1. The summed E-state index contributed by atoms with van der Waals surface area (Å²) in [5.41, 5.74) is 28.5. The van der Waals surface area contributed by atoms with Crippen LogP contribution in [0.15, 0.2) is 232 Å². The molecule has 14 aromatic rings. The molecule has 2 fully saturated rings. The zero-order valence-electron chi connectivity index (χ0n) is 76.9. The molecule has 0 bridgehead atoms. The van der Waals surface area contributed by atoms with E-state index in [-0.39, 0.29) is 52.8 Å². The molecule has 9 heteroatoms. The Balaban J connectivity index is 0.000000126. The van der Waals surface area contributed by atoms with Gasteiger partial charge in [-0.05, 0) is 327 Å². The lowest BCUT2D eigenvalue weighted by Crippen LogP contribution is -2.45. The molecule has 0 spiro atoms. The number of benzene rings is 10. The van der Waals surface area contributed by atoms with Gasteiger partial charge in [-0.15, -0.1) is 0 Å². The maximum atomic E-state index is 6.54. The summed E-state index contributed by atoms with van der Waals surface area (Å²) in [5, 5.41) is 4.78. The Kier molecular flexibility index (Phi) is 24.9. The van der Waals surface area contributed by atoms with Gasteiger partial charge in [-0.2, -0.15) is 0 Å². The summed E-state index contributed by atoms with van der Waals surface area (Å²) in [6.07, 6.45) is 18.5. The van der Waals surface area contributed by atoms with Crippen LogP contribution in [-0.4, -0.2) is 23.3 Å². The third kappa shape index (κ3) is 20.0. The predicted octanol–water partition coefficient (Wildman–Crippen LogP) is 32.0. The Labute approximate surface area is 734 Å². The van der Waals surface area contributed by atoms with Crippen molar-refractivity contribution in [2.24, 2.45) is 0 Å². The highest BCUT2D eigenvalue weighted by molar-refractivity contribution is 6.63. The number of aromatic amines is 1. The molecule has 2 aliphatic carbocycles. The molecule has 0 saturated heterocycles. The van der Waals surface area contributed by atoms with Crippen molar-refractivity contribution in [2.75, 3.05) is 0 Å². The molecular weight excluding hydrogens is 1510 g/mol. The first kappa shape index (κ1) is 88.4. The van der Waals surface area contributed by atoms with E-state index in [4.69, 9.17) is 32.0 Å². The van der Waals surface area contributed by atoms with Gasteiger partial charge in [0.1, 0.15) is 68.2 Å². The van der Waals surface area contributed by atoms with Gasteiger partial charge in [-0.25, -0.2) is 0 Å². The van der Waals surface area contributed by atoms with Gasteiger partial charge >= 0.3 is 7.12 Å². The SMILES string of the molecule is C.C/C=C/c1ccc2[nH]c(-c3cc(C(C)(C)C)ccc3C)cc2c1.C/C=C/c1ccc2oc(-c3cccc(C(C)(C)C)c3)cc2c1.CCc1ccc2c(c1)OB(c1cc(C3CC3)c3c(c1)C(C)(C)CC(C)(C)O3)O2.CCc1ccc2oc(-c3cc(C4CC4)c4c(c3)C(C)(C)CC(C)(C)O4)cc2c1.CCc1ccc2oc(-c3cccc(C(C)(C)C)c3)cc2c1. The van der Waals surface area contributed by atoms with E-state index in [1.165, 1.54) is 137 Å². The van der Waals surface area contributed by atoms with Crippen molar-refractivity contribution in [3.63, 3.8) is 0 Å². The van der Waals surface area contributed by atoms with Crippen molar-refractivity contribution in [3.8, 4) is 68.2 Å². The monoisotopic (exact) mass is 1640 g/mol. The molecule has 123 heavy (non-hydrogen) atoms. The number of fused-ring (bicyclic) bond motifs is 7. The number of aryl methyl sites for hydroxylation is 4. The molecule has 8 nitrogen and oxygen atoms in total. The van der Waals surface area contributed by atoms with Crippen LogP contribution < -0.4 is 24.2 Å². The van der Waals surface area contributed by atoms with Crippen LogP contribution >= 0.6 is 0 Å². The molecular formula is C114H132BNO7. The van der Waals surface area contributed by atoms with Crippen molar-refractivity contribution < 1.29 is 32.0 Å². The minimum atomic E-state index is -0.379. The molecule has 0 radical (unpaired) electrons. The van der Waals surface area contributed by atoms with E-state index in [1.54, 1.807) is 0 Å². The average Bonchev–Trinajstić information content (AvgIpc) is 1.73. The summed E-state index contributed by atoms with van der Waals surface area (Å²) in [6, 6.07) is 74.0. The van der Waals surface area contributed by atoms with Crippen LogP contribution in [0, 0.1) is 6.92 Å². The van der Waals surface area contributed by atoms with Crippen molar-refractivity contribution in [1.29, 1.82) is 0 Å². The van der Waals surface area contributed by atoms with Crippen LogP contribution in [0.5, 0.6) is 23.0 Å². The average molecular weight is 1640 g/mol. The van der Waals surface area contributed by atoms with E-state index in [0.29, 0.717) is 11.8 Å². The van der Waals surface area contributed by atoms with Gasteiger partial charge in [0.05, 0.1) is 0 Å². The summed E-state index contributed by atoms with van der Waals surface area (Å²) in [6.45, 7) is 51.1. The molecule has 5 aliphatic rings. The molecule has 4 aromatic heterocycles. The predicted molar refractivity (Wildman–Crippen MR) is 522 cm³/mol. The van der Waals surface area contributed by atoms with Crippen molar-refractivity contribution in [1.82, 2.24) is 4.98 Å². The van der Waals surface area contributed by atoms with Crippen molar-refractivity contribution in [3.05, 3.63) is 291 Å². The van der Waals surface area contributed by atoms with E-state index in [1.807, 2.05) is 26.0 Å². The molecule has 0 atom stereocenters. The topological polar surface area (TPSA) is 92.1 Å². The van der Waals surface area contributed by atoms with Gasteiger partial charge in [0.15, 0.2) is 0 Å². The highest BCUT2D eigenvalue weighted by Gasteiger charge is 2.46. The van der Waals surface area contributed by atoms with Crippen LogP contribution in [0.3, 0.4) is 0 Å². The minimum Gasteiger partial charge on any atom is -0.519 e. The van der Waals surface area contributed by atoms with E-state index in [0.717, 1.165) is 111 Å². The number of hydrogen-bond donors (Lipinski definition) is 1. The maximum Gasteiger partial charge on any atom is 0.632 e. The Morgan fingerprint density at radius 2 is 0.854 bits per heavy atom.